The van der Waals surface area contributed by atoms with Crippen LogP contribution in [0.15, 0.2) is 48.5 Å². The highest BCUT2D eigenvalue weighted by atomic mass is 19.1. The second kappa shape index (κ2) is 6.74. The minimum Gasteiger partial charge on any atom is -0.493 e. The number of methoxy groups -OCH3 is 2. The monoisotopic (exact) mass is 327 g/mol. The van der Waals surface area contributed by atoms with Crippen molar-refractivity contribution in [2.75, 3.05) is 27.3 Å². The molecule has 2 aromatic carbocycles. The SMILES string of the molecule is COc1cccc(C(=O)N2CC=C(c3ccccc3F)C2)c1OC. The van der Waals surface area contributed by atoms with Gasteiger partial charge in [0, 0.05) is 18.7 Å². The first kappa shape index (κ1) is 16.1. The van der Waals surface area contributed by atoms with Crippen LogP contribution in [0, 0.1) is 5.82 Å². The van der Waals surface area contributed by atoms with Crippen LogP contribution in [0.1, 0.15) is 15.9 Å². The summed E-state index contributed by atoms with van der Waals surface area (Å²) in [5.41, 5.74) is 1.77. The zero-order valence-electron chi connectivity index (χ0n) is 13.6. The highest BCUT2D eigenvalue weighted by molar-refractivity contribution is 5.99. The standard InChI is InChI=1S/C19H18FNO3/c1-23-17-9-5-7-15(18(17)24-2)19(22)21-11-10-13(12-21)14-6-3-4-8-16(14)20/h3-10H,11-12H2,1-2H3. The maximum Gasteiger partial charge on any atom is 0.258 e. The Morgan fingerprint density at radius 3 is 2.58 bits per heavy atom. The van der Waals surface area contributed by atoms with Crippen molar-refractivity contribution in [3.63, 3.8) is 0 Å². The topological polar surface area (TPSA) is 38.8 Å². The average Bonchev–Trinajstić information content (AvgIpc) is 3.10. The quantitative estimate of drug-likeness (QED) is 0.864. The van der Waals surface area contributed by atoms with E-state index in [0.717, 1.165) is 5.57 Å². The predicted molar refractivity (Wildman–Crippen MR) is 89.8 cm³/mol. The van der Waals surface area contributed by atoms with Gasteiger partial charge in [-0.25, -0.2) is 4.39 Å². The highest BCUT2D eigenvalue weighted by Crippen LogP contribution is 2.33. The van der Waals surface area contributed by atoms with E-state index in [-0.39, 0.29) is 11.7 Å². The van der Waals surface area contributed by atoms with Crippen LogP contribution in [0.25, 0.3) is 5.57 Å². The molecule has 0 saturated heterocycles. The fourth-order valence-corrected chi connectivity index (χ4v) is 2.85. The lowest BCUT2D eigenvalue weighted by Gasteiger charge is -2.19. The Morgan fingerprint density at radius 1 is 1.08 bits per heavy atom. The molecule has 24 heavy (non-hydrogen) atoms. The molecular formula is C19H18FNO3. The number of halogens is 1. The Balaban J connectivity index is 1.83. The number of para-hydroxylation sites is 1. The van der Waals surface area contributed by atoms with E-state index < -0.39 is 0 Å². The summed E-state index contributed by atoms with van der Waals surface area (Å²) in [6.07, 6.45) is 1.88. The molecule has 0 aromatic heterocycles. The molecule has 0 saturated carbocycles. The molecule has 1 aliphatic heterocycles. The highest BCUT2D eigenvalue weighted by Gasteiger charge is 2.26. The molecule has 0 aliphatic carbocycles. The van der Waals surface area contributed by atoms with Gasteiger partial charge in [-0.2, -0.15) is 0 Å². The predicted octanol–water partition coefficient (Wildman–Crippen LogP) is 3.38. The Bertz CT molecular complexity index is 801. The molecule has 124 valence electrons. The van der Waals surface area contributed by atoms with Crippen molar-refractivity contribution in [2.24, 2.45) is 0 Å². The lowest BCUT2D eigenvalue weighted by Crippen LogP contribution is -2.29. The van der Waals surface area contributed by atoms with Crippen LogP contribution in [0.4, 0.5) is 4.39 Å². The zero-order chi connectivity index (χ0) is 17.1. The molecule has 1 heterocycles. The summed E-state index contributed by atoms with van der Waals surface area (Å²) in [7, 11) is 3.03. The maximum atomic E-state index is 13.9. The van der Waals surface area contributed by atoms with Gasteiger partial charge in [0.25, 0.3) is 5.91 Å². The number of amides is 1. The molecule has 0 spiro atoms. The third-order valence-corrected chi connectivity index (χ3v) is 4.06. The Labute approximate surface area is 140 Å². The van der Waals surface area contributed by atoms with Crippen LogP contribution in [0.5, 0.6) is 11.5 Å². The molecule has 3 rings (SSSR count). The van der Waals surface area contributed by atoms with Crippen molar-refractivity contribution in [3.05, 3.63) is 65.5 Å². The number of carbonyl (C=O) groups excluding carboxylic acids is 1. The van der Waals surface area contributed by atoms with Gasteiger partial charge >= 0.3 is 0 Å². The summed E-state index contributed by atoms with van der Waals surface area (Å²) in [4.78, 5) is 14.5. The smallest absolute Gasteiger partial charge is 0.258 e. The number of carbonyl (C=O) groups is 1. The zero-order valence-corrected chi connectivity index (χ0v) is 13.6. The Morgan fingerprint density at radius 2 is 1.88 bits per heavy atom. The van der Waals surface area contributed by atoms with Crippen molar-refractivity contribution < 1.29 is 18.7 Å². The molecular weight excluding hydrogens is 309 g/mol. The number of rotatable bonds is 4. The van der Waals surface area contributed by atoms with E-state index in [4.69, 9.17) is 9.47 Å². The van der Waals surface area contributed by atoms with E-state index in [2.05, 4.69) is 0 Å². The number of benzene rings is 2. The first-order chi connectivity index (χ1) is 11.7. The van der Waals surface area contributed by atoms with E-state index in [0.29, 0.717) is 35.7 Å². The van der Waals surface area contributed by atoms with Gasteiger partial charge < -0.3 is 14.4 Å². The van der Waals surface area contributed by atoms with Crippen molar-refractivity contribution in [3.8, 4) is 11.5 Å². The third kappa shape index (κ3) is 2.85. The fraction of sp³-hybridized carbons (Fsp3) is 0.211. The van der Waals surface area contributed by atoms with Crippen LogP contribution in [0.2, 0.25) is 0 Å². The van der Waals surface area contributed by atoms with Gasteiger partial charge in [-0.3, -0.25) is 4.79 Å². The van der Waals surface area contributed by atoms with Gasteiger partial charge in [-0.05, 0) is 23.8 Å². The molecule has 0 atom stereocenters. The van der Waals surface area contributed by atoms with Crippen LogP contribution in [-0.4, -0.2) is 38.1 Å². The summed E-state index contributed by atoms with van der Waals surface area (Å²) >= 11 is 0. The first-order valence-corrected chi connectivity index (χ1v) is 7.60. The van der Waals surface area contributed by atoms with Crippen LogP contribution in [-0.2, 0) is 0 Å². The number of ether oxygens (including phenoxy) is 2. The Hall–Kier alpha value is -2.82. The lowest BCUT2D eigenvalue weighted by atomic mass is 10.1. The molecule has 0 bridgehead atoms. The van der Waals surface area contributed by atoms with E-state index in [1.165, 1.54) is 20.3 Å². The number of nitrogens with zero attached hydrogens (tertiary/aromatic N) is 1. The summed E-state index contributed by atoms with van der Waals surface area (Å²) in [5.74, 6) is 0.458. The van der Waals surface area contributed by atoms with Gasteiger partial charge in [-0.1, -0.05) is 30.3 Å². The second-order valence-electron chi connectivity index (χ2n) is 5.44. The summed E-state index contributed by atoms with van der Waals surface area (Å²) in [6.45, 7) is 0.795. The molecule has 0 fully saturated rings. The van der Waals surface area contributed by atoms with Crippen LogP contribution in [0.3, 0.4) is 0 Å². The molecule has 1 amide bonds. The van der Waals surface area contributed by atoms with Crippen molar-refractivity contribution in [1.29, 1.82) is 0 Å². The molecule has 1 aliphatic rings. The summed E-state index contributed by atoms with van der Waals surface area (Å²) in [6, 6.07) is 11.8. The molecule has 5 heteroatoms. The van der Waals surface area contributed by atoms with Gasteiger partial charge in [0.15, 0.2) is 11.5 Å². The van der Waals surface area contributed by atoms with Crippen molar-refractivity contribution >= 4 is 11.5 Å². The van der Waals surface area contributed by atoms with Crippen molar-refractivity contribution in [1.82, 2.24) is 4.90 Å². The normalized spacial score (nSPS) is 13.6. The maximum absolute atomic E-state index is 13.9. The third-order valence-electron chi connectivity index (χ3n) is 4.06. The summed E-state index contributed by atoms with van der Waals surface area (Å²) in [5, 5.41) is 0. The fourth-order valence-electron chi connectivity index (χ4n) is 2.85. The largest absolute Gasteiger partial charge is 0.493 e. The average molecular weight is 327 g/mol. The van der Waals surface area contributed by atoms with Gasteiger partial charge in [0.2, 0.25) is 0 Å². The van der Waals surface area contributed by atoms with E-state index in [9.17, 15) is 9.18 Å². The number of hydrogen-bond acceptors (Lipinski definition) is 3. The van der Waals surface area contributed by atoms with Gasteiger partial charge in [0.05, 0.1) is 19.8 Å². The van der Waals surface area contributed by atoms with E-state index >= 15 is 0 Å². The Kier molecular flexibility index (Phi) is 4.51. The van der Waals surface area contributed by atoms with Gasteiger partial charge in [-0.15, -0.1) is 0 Å². The van der Waals surface area contributed by atoms with Crippen LogP contribution >= 0.6 is 0 Å². The minimum atomic E-state index is -0.281. The van der Waals surface area contributed by atoms with Crippen molar-refractivity contribution in [2.45, 2.75) is 0 Å². The van der Waals surface area contributed by atoms with Crippen LogP contribution < -0.4 is 9.47 Å². The molecule has 0 radical (unpaired) electrons. The van der Waals surface area contributed by atoms with E-state index in [1.807, 2.05) is 6.08 Å². The molecule has 0 unspecified atom stereocenters. The second-order valence-corrected chi connectivity index (χ2v) is 5.44. The molecule has 4 nitrogen and oxygen atoms in total. The van der Waals surface area contributed by atoms with E-state index in [1.54, 1.807) is 41.3 Å². The van der Waals surface area contributed by atoms with Gasteiger partial charge in [0.1, 0.15) is 5.82 Å². The molecule has 0 N–H and O–H groups in total. The minimum absolute atomic E-state index is 0.173. The molecule has 2 aromatic rings. The lowest BCUT2D eigenvalue weighted by molar-refractivity contribution is 0.0797. The number of hydrogen-bond donors (Lipinski definition) is 0. The summed E-state index contributed by atoms with van der Waals surface area (Å²) < 4.78 is 24.5. The first-order valence-electron chi connectivity index (χ1n) is 7.60.